The van der Waals surface area contributed by atoms with E-state index in [4.69, 9.17) is 6.42 Å². The van der Waals surface area contributed by atoms with Crippen LogP contribution in [0.4, 0.5) is 0 Å². The van der Waals surface area contributed by atoms with Crippen molar-refractivity contribution in [1.29, 1.82) is 0 Å². The summed E-state index contributed by atoms with van der Waals surface area (Å²) in [4.78, 5) is 11.9. The number of benzene rings is 1. The summed E-state index contributed by atoms with van der Waals surface area (Å²) >= 11 is 0. The molecule has 1 amide bonds. The molecular formula is C15H19NO. The van der Waals surface area contributed by atoms with Crippen molar-refractivity contribution in [1.82, 2.24) is 5.32 Å². The first-order valence-corrected chi connectivity index (χ1v) is 6.04. The summed E-state index contributed by atoms with van der Waals surface area (Å²) in [6, 6.07) is 7.75. The van der Waals surface area contributed by atoms with E-state index < -0.39 is 0 Å². The third kappa shape index (κ3) is 3.96. The third-order valence-corrected chi connectivity index (χ3v) is 2.82. The van der Waals surface area contributed by atoms with Crippen LogP contribution in [0.15, 0.2) is 24.3 Å². The highest BCUT2D eigenvalue weighted by Gasteiger charge is 2.10. The average Bonchev–Trinajstić information content (AvgIpc) is 2.38. The molecule has 0 heterocycles. The van der Waals surface area contributed by atoms with Crippen molar-refractivity contribution in [2.75, 3.05) is 0 Å². The third-order valence-electron chi connectivity index (χ3n) is 2.82. The maximum atomic E-state index is 11.9. The lowest BCUT2D eigenvalue weighted by atomic mass is 10.1. The first kappa shape index (κ1) is 13.3. The van der Waals surface area contributed by atoms with E-state index in [1.807, 2.05) is 31.2 Å². The van der Waals surface area contributed by atoms with Crippen LogP contribution in [0.5, 0.6) is 0 Å². The topological polar surface area (TPSA) is 29.1 Å². The van der Waals surface area contributed by atoms with E-state index in [-0.39, 0.29) is 11.9 Å². The van der Waals surface area contributed by atoms with Gasteiger partial charge in [-0.05, 0) is 30.5 Å². The van der Waals surface area contributed by atoms with Crippen molar-refractivity contribution in [2.24, 2.45) is 0 Å². The SMILES string of the molecule is C#CCC(CC)NC(=O)c1ccc(CC)cc1. The Morgan fingerprint density at radius 1 is 1.35 bits per heavy atom. The summed E-state index contributed by atoms with van der Waals surface area (Å²) in [6.45, 7) is 4.11. The van der Waals surface area contributed by atoms with Gasteiger partial charge in [0.25, 0.3) is 5.91 Å². The first-order valence-electron chi connectivity index (χ1n) is 6.04. The van der Waals surface area contributed by atoms with E-state index in [9.17, 15) is 4.79 Å². The minimum Gasteiger partial charge on any atom is -0.348 e. The van der Waals surface area contributed by atoms with Crippen LogP contribution in [0.3, 0.4) is 0 Å². The van der Waals surface area contributed by atoms with Crippen molar-refractivity contribution in [3.8, 4) is 12.3 Å². The van der Waals surface area contributed by atoms with Gasteiger partial charge in [0.1, 0.15) is 0 Å². The van der Waals surface area contributed by atoms with Crippen LogP contribution in [-0.4, -0.2) is 11.9 Å². The highest BCUT2D eigenvalue weighted by atomic mass is 16.1. The summed E-state index contributed by atoms with van der Waals surface area (Å²) in [5.74, 6) is 2.53. The minimum absolute atomic E-state index is 0.0465. The van der Waals surface area contributed by atoms with Crippen LogP contribution in [0.1, 0.15) is 42.6 Å². The lowest BCUT2D eigenvalue weighted by Crippen LogP contribution is -2.34. The predicted octanol–water partition coefficient (Wildman–Crippen LogP) is 2.78. The largest absolute Gasteiger partial charge is 0.348 e. The molecule has 0 aliphatic rings. The van der Waals surface area contributed by atoms with Crippen LogP contribution < -0.4 is 5.32 Å². The van der Waals surface area contributed by atoms with Gasteiger partial charge in [-0.15, -0.1) is 12.3 Å². The van der Waals surface area contributed by atoms with Gasteiger partial charge in [-0.3, -0.25) is 4.79 Å². The zero-order valence-corrected chi connectivity index (χ0v) is 10.5. The molecule has 1 N–H and O–H groups in total. The molecule has 1 aromatic carbocycles. The van der Waals surface area contributed by atoms with E-state index in [0.29, 0.717) is 12.0 Å². The molecule has 1 aromatic rings. The summed E-state index contributed by atoms with van der Waals surface area (Å²) in [6.07, 6.45) is 7.67. The molecule has 2 heteroatoms. The van der Waals surface area contributed by atoms with E-state index in [1.54, 1.807) is 0 Å². The Hall–Kier alpha value is -1.75. The van der Waals surface area contributed by atoms with Crippen LogP contribution in [0.2, 0.25) is 0 Å². The molecule has 0 aliphatic heterocycles. The van der Waals surface area contributed by atoms with Crippen molar-refractivity contribution >= 4 is 5.91 Å². The number of rotatable bonds is 5. The summed E-state index contributed by atoms with van der Waals surface area (Å²) in [5.41, 5.74) is 1.93. The summed E-state index contributed by atoms with van der Waals surface area (Å²) in [5, 5.41) is 2.94. The van der Waals surface area contributed by atoms with Gasteiger partial charge in [0.15, 0.2) is 0 Å². The van der Waals surface area contributed by atoms with Crippen molar-refractivity contribution in [3.63, 3.8) is 0 Å². The quantitative estimate of drug-likeness (QED) is 0.773. The van der Waals surface area contributed by atoms with Gasteiger partial charge in [-0.25, -0.2) is 0 Å². The van der Waals surface area contributed by atoms with Crippen LogP contribution in [0, 0.1) is 12.3 Å². The standard InChI is InChI=1S/C15H19NO/c1-4-7-14(6-3)16-15(17)13-10-8-12(5-2)9-11-13/h1,8-11,14H,5-7H2,2-3H3,(H,16,17). The molecule has 0 saturated heterocycles. The maximum absolute atomic E-state index is 11.9. The summed E-state index contributed by atoms with van der Waals surface area (Å²) in [7, 11) is 0. The molecule has 2 nitrogen and oxygen atoms in total. The minimum atomic E-state index is -0.0465. The number of carbonyl (C=O) groups excluding carboxylic acids is 1. The van der Waals surface area contributed by atoms with Crippen LogP contribution in [0.25, 0.3) is 0 Å². The molecule has 0 bridgehead atoms. The van der Waals surface area contributed by atoms with E-state index >= 15 is 0 Å². The lowest BCUT2D eigenvalue weighted by molar-refractivity contribution is 0.0936. The van der Waals surface area contributed by atoms with Crippen LogP contribution >= 0.6 is 0 Å². The lowest BCUT2D eigenvalue weighted by Gasteiger charge is -2.14. The van der Waals surface area contributed by atoms with Gasteiger partial charge >= 0.3 is 0 Å². The Balaban J connectivity index is 2.65. The number of carbonyl (C=O) groups is 1. The fourth-order valence-electron chi connectivity index (χ4n) is 1.60. The van der Waals surface area contributed by atoms with E-state index in [1.165, 1.54) is 5.56 Å². The van der Waals surface area contributed by atoms with Gasteiger partial charge in [-0.1, -0.05) is 26.0 Å². The zero-order chi connectivity index (χ0) is 12.7. The number of terminal acetylenes is 1. The molecule has 1 atom stereocenters. The molecule has 90 valence electrons. The van der Waals surface area contributed by atoms with Gasteiger partial charge in [0, 0.05) is 18.0 Å². The smallest absolute Gasteiger partial charge is 0.251 e. The number of aryl methyl sites for hydroxylation is 1. The molecule has 17 heavy (non-hydrogen) atoms. The van der Waals surface area contributed by atoms with Crippen molar-refractivity contribution < 1.29 is 4.79 Å². The zero-order valence-electron chi connectivity index (χ0n) is 10.5. The molecule has 1 rings (SSSR count). The molecule has 1 unspecified atom stereocenters. The van der Waals surface area contributed by atoms with Gasteiger partial charge < -0.3 is 5.32 Å². The predicted molar refractivity (Wildman–Crippen MR) is 70.8 cm³/mol. The number of amides is 1. The summed E-state index contributed by atoms with van der Waals surface area (Å²) < 4.78 is 0. The second-order valence-corrected chi connectivity index (χ2v) is 4.04. The Morgan fingerprint density at radius 2 is 2.00 bits per heavy atom. The molecule has 0 fully saturated rings. The van der Waals surface area contributed by atoms with E-state index in [2.05, 4.69) is 18.2 Å². The van der Waals surface area contributed by atoms with Crippen molar-refractivity contribution in [2.45, 2.75) is 39.2 Å². The fraction of sp³-hybridized carbons (Fsp3) is 0.400. The highest BCUT2D eigenvalue weighted by molar-refractivity contribution is 5.94. The normalized spacial score (nSPS) is 11.6. The monoisotopic (exact) mass is 229 g/mol. The van der Waals surface area contributed by atoms with Crippen LogP contribution in [-0.2, 0) is 6.42 Å². The van der Waals surface area contributed by atoms with Gasteiger partial charge in [0.2, 0.25) is 0 Å². The molecular weight excluding hydrogens is 210 g/mol. The van der Waals surface area contributed by atoms with Crippen molar-refractivity contribution in [3.05, 3.63) is 35.4 Å². The number of hydrogen-bond acceptors (Lipinski definition) is 1. The molecule has 0 radical (unpaired) electrons. The second-order valence-electron chi connectivity index (χ2n) is 4.04. The maximum Gasteiger partial charge on any atom is 0.251 e. The Kier molecular flexibility index (Phi) is 5.29. The second kappa shape index (κ2) is 6.75. The number of hydrogen-bond donors (Lipinski definition) is 1. The Morgan fingerprint density at radius 3 is 2.47 bits per heavy atom. The molecule has 0 spiro atoms. The van der Waals surface area contributed by atoms with Gasteiger partial charge in [-0.2, -0.15) is 0 Å². The molecule has 0 saturated carbocycles. The first-order chi connectivity index (χ1) is 8.21. The fourth-order valence-corrected chi connectivity index (χ4v) is 1.60. The number of nitrogens with one attached hydrogen (secondary N) is 1. The molecule has 0 aliphatic carbocycles. The molecule has 0 aromatic heterocycles. The Bertz CT molecular complexity index is 400. The van der Waals surface area contributed by atoms with Gasteiger partial charge in [0.05, 0.1) is 0 Å². The van der Waals surface area contributed by atoms with E-state index in [0.717, 1.165) is 12.8 Å². The highest BCUT2D eigenvalue weighted by Crippen LogP contribution is 2.06. The Labute approximate surface area is 103 Å². The average molecular weight is 229 g/mol.